The second-order valence-electron chi connectivity index (χ2n) is 6.63. The molecule has 0 spiro atoms. The average molecular weight is 357 g/mol. The lowest BCUT2D eigenvalue weighted by Gasteiger charge is -2.23. The van der Waals surface area contributed by atoms with Crippen LogP contribution in [0.15, 0.2) is 6.07 Å². The largest absolute Gasteiger partial charge is 0.467 e. The second-order valence-corrected chi connectivity index (χ2v) is 7.01. The number of hydrogen-bond acceptors (Lipinski definition) is 5. The Kier molecular flexibility index (Phi) is 6.49. The molecule has 0 bridgehead atoms. The van der Waals surface area contributed by atoms with E-state index in [9.17, 15) is 9.59 Å². The highest BCUT2D eigenvalue weighted by Crippen LogP contribution is 2.29. The zero-order valence-electron chi connectivity index (χ0n) is 15.0. The van der Waals surface area contributed by atoms with E-state index < -0.39 is 23.7 Å². The number of anilines is 1. The van der Waals surface area contributed by atoms with Crippen molar-refractivity contribution in [1.29, 1.82) is 0 Å². The van der Waals surface area contributed by atoms with Gasteiger partial charge in [-0.15, -0.1) is 0 Å². The van der Waals surface area contributed by atoms with Crippen LogP contribution in [0.25, 0.3) is 0 Å². The van der Waals surface area contributed by atoms with Crippen molar-refractivity contribution in [2.24, 2.45) is 0 Å². The van der Waals surface area contributed by atoms with Crippen LogP contribution in [-0.2, 0) is 20.7 Å². The predicted octanol–water partition coefficient (Wildman–Crippen LogP) is 3.15. The number of halogens is 1. The van der Waals surface area contributed by atoms with Crippen LogP contribution in [0.1, 0.15) is 37.5 Å². The van der Waals surface area contributed by atoms with E-state index in [-0.39, 0.29) is 6.42 Å². The summed E-state index contributed by atoms with van der Waals surface area (Å²) >= 11 is 6.33. The molecule has 0 saturated carbocycles. The van der Waals surface area contributed by atoms with Gasteiger partial charge in [-0.3, -0.25) is 0 Å². The predicted molar refractivity (Wildman–Crippen MR) is 94.2 cm³/mol. The molecule has 1 atom stereocenters. The molecule has 0 fully saturated rings. The molecule has 24 heavy (non-hydrogen) atoms. The minimum absolute atomic E-state index is 0.173. The van der Waals surface area contributed by atoms with Crippen LogP contribution in [0.2, 0.25) is 5.02 Å². The first-order valence-electron chi connectivity index (χ1n) is 7.57. The van der Waals surface area contributed by atoms with Gasteiger partial charge < -0.3 is 20.5 Å². The highest BCUT2D eigenvalue weighted by Gasteiger charge is 2.26. The van der Waals surface area contributed by atoms with Crippen LogP contribution in [0.3, 0.4) is 0 Å². The molecule has 0 aliphatic carbocycles. The van der Waals surface area contributed by atoms with Gasteiger partial charge in [-0.25, -0.2) is 9.59 Å². The fourth-order valence-corrected chi connectivity index (χ4v) is 2.44. The third-order valence-electron chi connectivity index (χ3n) is 3.43. The van der Waals surface area contributed by atoms with E-state index in [0.717, 1.165) is 11.1 Å². The van der Waals surface area contributed by atoms with E-state index in [1.54, 1.807) is 26.8 Å². The minimum Gasteiger partial charge on any atom is -0.467 e. The fraction of sp³-hybridized carbons (Fsp3) is 0.529. The van der Waals surface area contributed by atoms with Crippen molar-refractivity contribution in [3.05, 3.63) is 27.8 Å². The molecule has 0 aliphatic heterocycles. The number of rotatable bonds is 4. The number of carbonyl (C=O) groups is 2. The van der Waals surface area contributed by atoms with Gasteiger partial charge in [0.25, 0.3) is 0 Å². The number of alkyl carbamates (subject to hydrolysis) is 1. The number of carbonyl (C=O) groups excluding carboxylic acids is 2. The Morgan fingerprint density at radius 2 is 1.92 bits per heavy atom. The molecule has 0 aromatic heterocycles. The van der Waals surface area contributed by atoms with Gasteiger partial charge in [-0.1, -0.05) is 17.7 Å². The number of aryl methyl sites for hydroxylation is 1. The highest BCUT2D eigenvalue weighted by molar-refractivity contribution is 6.32. The maximum Gasteiger partial charge on any atom is 0.408 e. The zero-order chi connectivity index (χ0) is 18.7. The first-order chi connectivity index (χ1) is 11.0. The quantitative estimate of drug-likeness (QED) is 0.638. The van der Waals surface area contributed by atoms with Crippen molar-refractivity contribution < 1.29 is 19.1 Å². The number of hydrogen-bond donors (Lipinski definition) is 2. The van der Waals surface area contributed by atoms with Gasteiger partial charge in [0.05, 0.1) is 7.11 Å². The Balaban J connectivity index is 3.04. The molecule has 3 N–H and O–H groups in total. The van der Waals surface area contributed by atoms with Crippen LogP contribution >= 0.6 is 11.6 Å². The number of nitrogens with two attached hydrogens (primary N) is 1. The van der Waals surface area contributed by atoms with Gasteiger partial charge in [0.2, 0.25) is 0 Å². The Morgan fingerprint density at radius 1 is 1.33 bits per heavy atom. The van der Waals surface area contributed by atoms with E-state index in [0.29, 0.717) is 16.3 Å². The third-order valence-corrected chi connectivity index (χ3v) is 3.96. The minimum atomic E-state index is -0.912. The number of esters is 1. The molecule has 6 nitrogen and oxygen atoms in total. The van der Waals surface area contributed by atoms with Gasteiger partial charge >= 0.3 is 12.1 Å². The molecule has 134 valence electrons. The molecule has 0 aliphatic rings. The smallest absolute Gasteiger partial charge is 0.408 e. The summed E-state index contributed by atoms with van der Waals surface area (Å²) in [6.45, 7) is 8.88. The summed E-state index contributed by atoms with van der Waals surface area (Å²) in [5.41, 5.74) is 8.19. The molecule has 1 aromatic carbocycles. The molecule has 1 amide bonds. The van der Waals surface area contributed by atoms with Gasteiger partial charge in [0.15, 0.2) is 0 Å². The molecule has 0 saturated heterocycles. The summed E-state index contributed by atoms with van der Waals surface area (Å²) in [6, 6.07) is 0.891. The number of nitrogen functional groups attached to an aromatic ring is 1. The molecule has 1 rings (SSSR count). The summed E-state index contributed by atoms with van der Waals surface area (Å²) in [5.74, 6) is -0.580. The molecule has 0 heterocycles. The van der Waals surface area contributed by atoms with Crippen molar-refractivity contribution in [3.8, 4) is 0 Å². The van der Waals surface area contributed by atoms with E-state index in [1.807, 2.05) is 13.8 Å². The standard InChI is InChI=1S/C17H25ClN2O4/c1-9-7-11(13(18)10(2)14(9)19)8-12(15(21)23-6)20-16(22)24-17(3,4)5/h7,12H,8,19H2,1-6H3,(H,20,22)/t12-/m1/s1. The van der Waals surface area contributed by atoms with E-state index in [2.05, 4.69) is 5.32 Å². The summed E-state index contributed by atoms with van der Waals surface area (Å²) in [5, 5.41) is 3.00. The van der Waals surface area contributed by atoms with Crippen LogP contribution < -0.4 is 11.1 Å². The first-order valence-corrected chi connectivity index (χ1v) is 7.95. The normalized spacial score (nSPS) is 12.5. The summed E-state index contributed by atoms with van der Waals surface area (Å²) < 4.78 is 9.95. The maximum absolute atomic E-state index is 12.0. The molecule has 0 unspecified atom stereocenters. The number of benzene rings is 1. The van der Waals surface area contributed by atoms with Gasteiger partial charge in [-0.2, -0.15) is 0 Å². The summed E-state index contributed by atoms with van der Waals surface area (Å²) in [4.78, 5) is 24.0. The molecule has 1 aromatic rings. The van der Waals surface area contributed by atoms with Crippen LogP contribution in [0, 0.1) is 13.8 Å². The number of ether oxygens (including phenoxy) is 2. The molecular weight excluding hydrogens is 332 g/mol. The van der Waals surface area contributed by atoms with Crippen LogP contribution in [-0.4, -0.2) is 30.8 Å². The van der Waals surface area contributed by atoms with Crippen LogP contribution in [0.5, 0.6) is 0 Å². The average Bonchev–Trinajstić information content (AvgIpc) is 2.46. The Bertz CT molecular complexity index is 638. The Labute approximate surface area is 147 Å². The highest BCUT2D eigenvalue weighted by atomic mass is 35.5. The lowest BCUT2D eigenvalue weighted by molar-refractivity contribution is -0.143. The van der Waals surface area contributed by atoms with Crippen molar-refractivity contribution in [2.45, 2.75) is 52.7 Å². The van der Waals surface area contributed by atoms with Crippen molar-refractivity contribution in [3.63, 3.8) is 0 Å². The first kappa shape index (κ1) is 20.1. The number of nitrogens with one attached hydrogen (secondary N) is 1. The maximum atomic E-state index is 12.0. The van der Waals surface area contributed by atoms with Gasteiger partial charge in [0, 0.05) is 17.1 Å². The van der Waals surface area contributed by atoms with Gasteiger partial charge in [0.1, 0.15) is 11.6 Å². The topological polar surface area (TPSA) is 90.6 Å². The van der Waals surface area contributed by atoms with Crippen molar-refractivity contribution >= 4 is 29.4 Å². The summed E-state index contributed by atoms with van der Waals surface area (Å²) in [6.07, 6.45) is -0.523. The molecule has 7 heteroatoms. The SMILES string of the molecule is COC(=O)[C@@H](Cc1cc(C)c(N)c(C)c1Cl)NC(=O)OC(C)(C)C. The third kappa shape index (κ3) is 5.30. The Hall–Kier alpha value is -1.95. The van der Waals surface area contributed by atoms with E-state index >= 15 is 0 Å². The number of methoxy groups -OCH3 is 1. The zero-order valence-corrected chi connectivity index (χ0v) is 15.7. The van der Waals surface area contributed by atoms with Crippen molar-refractivity contribution in [2.75, 3.05) is 12.8 Å². The van der Waals surface area contributed by atoms with E-state index in [4.69, 9.17) is 26.8 Å². The molecular formula is C17H25ClN2O4. The van der Waals surface area contributed by atoms with Crippen molar-refractivity contribution in [1.82, 2.24) is 5.32 Å². The van der Waals surface area contributed by atoms with Crippen LogP contribution in [0.4, 0.5) is 10.5 Å². The van der Waals surface area contributed by atoms with Gasteiger partial charge in [-0.05, 0) is 51.3 Å². The van der Waals surface area contributed by atoms with E-state index in [1.165, 1.54) is 7.11 Å². The monoisotopic (exact) mass is 356 g/mol. The fourth-order valence-electron chi connectivity index (χ4n) is 2.21. The lowest BCUT2D eigenvalue weighted by Crippen LogP contribution is -2.45. The molecule has 0 radical (unpaired) electrons. The summed E-state index contributed by atoms with van der Waals surface area (Å²) in [7, 11) is 1.26. The number of amides is 1. The lowest BCUT2D eigenvalue weighted by atomic mass is 9.99. The second kappa shape index (κ2) is 7.75. The Morgan fingerprint density at radius 3 is 2.42 bits per heavy atom.